The molecule has 0 spiro atoms. The SMILES string of the molecule is C=CC(=O)Nc1cc(Nc2nc(-c3ccnc(N4CCn5c(cc6c5CC(C)(C)C6)C4=O)c3CO)cn(C)c2=O)ccc1[C@@H]1C(=O)N(C)CCN1C1CCOCC1. The molecule has 1 aromatic carbocycles. The number of carbonyl (C=O) groups is 3. The van der Waals surface area contributed by atoms with Crippen molar-refractivity contribution in [2.45, 2.75) is 64.8 Å². The Labute approximate surface area is 331 Å². The topological polar surface area (TPSA) is 167 Å². The van der Waals surface area contributed by atoms with E-state index < -0.39 is 24.1 Å². The highest BCUT2D eigenvalue weighted by Crippen LogP contribution is 2.41. The first kappa shape index (κ1) is 38.2. The molecule has 15 nitrogen and oxygen atoms in total. The quantitative estimate of drug-likeness (QED) is 0.213. The van der Waals surface area contributed by atoms with E-state index in [0.29, 0.717) is 84.7 Å². The van der Waals surface area contributed by atoms with Crippen molar-refractivity contribution in [3.05, 3.63) is 93.8 Å². The normalized spacial score (nSPS) is 19.7. The molecular weight excluding hydrogens is 727 g/mol. The number of fused-ring (bicyclic) bond motifs is 3. The standard InChI is InChI=1S/C42H49N9O6/c1-6-35(53)45-31-20-26(7-8-29(31)36-40(55)47(4)13-14-49(36)27-10-17-57-18-11-27)44-37-41(56)48(5)23-32(46-37)28-9-12-43-38(30(28)24-52)51-16-15-50-33(39(51)54)19-25-21-42(2,3)22-34(25)50/h6-9,12,19-20,23,27,36,52H,1,10-11,13-18,21-22,24H2,2-5H3,(H,44,46)(H,45,53)/t36-/m1/s1. The van der Waals surface area contributed by atoms with Gasteiger partial charge in [0.2, 0.25) is 11.8 Å². The van der Waals surface area contributed by atoms with Gasteiger partial charge in [-0.3, -0.25) is 29.0 Å². The molecule has 2 saturated heterocycles. The number of aliphatic hydroxyl groups excluding tert-OH is 1. The van der Waals surface area contributed by atoms with E-state index in [1.807, 2.05) is 6.07 Å². The Morgan fingerprint density at radius 1 is 1.05 bits per heavy atom. The first-order valence-electron chi connectivity index (χ1n) is 19.5. The zero-order chi connectivity index (χ0) is 40.2. The smallest absolute Gasteiger partial charge is 0.293 e. The molecule has 0 unspecified atom stereocenters. The Morgan fingerprint density at radius 3 is 2.60 bits per heavy atom. The molecule has 4 aromatic rings. The summed E-state index contributed by atoms with van der Waals surface area (Å²) in [4.78, 5) is 69.0. The molecule has 8 rings (SSSR count). The second kappa shape index (κ2) is 15.0. The number of nitrogens with zero attached hydrogens (tertiary/aromatic N) is 7. The van der Waals surface area contributed by atoms with Crippen LogP contribution in [-0.2, 0) is 47.4 Å². The van der Waals surface area contributed by atoms with Gasteiger partial charge in [-0.15, -0.1) is 0 Å². The number of piperazine rings is 1. The van der Waals surface area contributed by atoms with Crippen molar-refractivity contribution >= 4 is 40.7 Å². The van der Waals surface area contributed by atoms with E-state index in [-0.39, 0.29) is 29.1 Å². The average molecular weight is 776 g/mol. The molecule has 6 heterocycles. The summed E-state index contributed by atoms with van der Waals surface area (Å²) in [7, 11) is 3.39. The van der Waals surface area contributed by atoms with Gasteiger partial charge in [0.25, 0.3) is 11.5 Å². The van der Waals surface area contributed by atoms with Crippen LogP contribution < -0.4 is 21.1 Å². The maximum atomic E-state index is 14.0. The second-order valence-corrected chi connectivity index (χ2v) is 16.2. The zero-order valence-electron chi connectivity index (χ0n) is 32.9. The summed E-state index contributed by atoms with van der Waals surface area (Å²) in [6.45, 7) is 11.2. The van der Waals surface area contributed by atoms with Crippen LogP contribution in [0.4, 0.5) is 23.0 Å². The Hall–Kier alpha value is -5.64. The predicted molar refractivity (Wildman–Crippen MR) is 215 cm³/mol. The van der Waals surface area contributed by atoms with Gasteiger partial charge in [-0.25, -0.2) is 9.97 Å². The van der Waals surface area contributed by atoms with Gasteiger partial charge in [-0.1, -0.05) is 26.5 Å². The number of benzene rings is 1. The van der Waals surface area contributed by atoms with E-state index in [4.69, 9.17) is 9.72 Å². The number of hydrogen-bond donors (Lipinski definition) is 3. The van der Waals surface area contributed by atoms with Gasteiger partial charge >= 0.3 is 0 Å². The molecule has 1 aliphatic carbocycles. The summed E-state index contributed by atoms with van der Waals surface area (Å²) in [5.41, 5.74) is 5.56. The number of aryl methyl sites for hydroxylation is 1. The van der Waals surface area contributed by atoms with Crippen molar-refractivity contribution in [3.8, 4) is 11.3 Å². The number of likely N-dealkylation sites (N-methyl/N-ethyl adjacent to an activating group) is 1. The number of amides is 3. The molecule has 57 heavy (non-hydrogen) atoms. The summed E-state index contributed by atoms with van der Waals surface area (Å²) in [5.74, 6) is -0.363. The van der Waals surface area contributed by atoms with Gasteiger partial charge in [-0.2, -0.15) is 0 Å². The molecule has 3 aromatic heterocycles. The summed E-state index contributed by atoms with van der Waals surface area (Å²) in [6.07, 6.45) is 7.76. The van der Waals surface area contributed by atoms with E-state index in [0.717, 1.165) is 25.7 Å². The monoisotopic (exact) mass is 775 g/mol. The summed E-state index contributed by atoms with van der Waals surface area (Å²) in [5, 5.41) is 16.8. The lowest BCUT2D eigenvalue weighted by Crippen LogP contribution is -2.55. The highest BCUT2D eigenvalue weighted by atomic mass is 16.5. The number of pyridine rings is 1. The predicted octanol–water partition coefficient (Wildman–Crippen LogP) is 3.78. The molecule has 0 bridgehead atoms. The van der Waals surface area contributed by atoms with Crippen LogP contribution in [0.15, 0.2) is 60.2 Å². The van der Waals surface area contributed by atoms with Crippen molar-refractivity contribution in [2.75, 3.05) is 55.4 Å². The lowest BCUT2D eigenvalue weighted by molar-refractivity contribution is -0.143. The molecule has 15 heteroatoms. The van der Waals surface area contributed by atoms with Crippen LogP contribution in [0, 0.1) is 5.41 Å². The van der Waals surface area contributed by atoms with Gasteiger partial charge < -0.3 is 34.5 Å². The molecular formula is C42H49N9O6. The highest BCUT2D eigenvalue weighted by Gasteiger charge is 2.40. The van der Waals surface area contributed by atoms with Crippen LogP contribution in [0.5, 0.6) is 0 Å². The number of nitrogens with one attached hydrogen (secondary N) is 2. The maximum Gasteiger partial charge on any atom is 0.293 e. The van der Waals surface area contributed by atoms with E-state index in [1.165, 1.54) is 21.9 Å². The molecule has 0 radical (unpaired) electrons. The Bertz CT molecular complexity index is 2340. The van der Waals surface area contributed by atoms with Gasteiger partial charge in [-0.05, 0) is 67.0 Å². The fourth-order valence-corrected chi connectivity index (χ4v) is 8.92. The van der Waals surface area contributed by atoms with E-state index >= 15 is 0 Å². The highest BCUT2D eigenvalue weighted by molar-refractivity contribution is 6.06. The van der Waals surface area contributed by atoms with Crippen molar-refractivity contribution in [2.24, 2.45) is 12.5 Å². The zero-order valence-corrected chi connectivity index (χ0v) is 32.9. The number of carbonyl (C=O) groups excluding carboxylic acids is 3. The van der Waals surface area contributed by atoms with Crippen molar-refractivity contribution in [1.82, 2.24) is 28.9 Å². The second-order valence-electron chi connectivity index (χ2n) is 16.2. The van der Waals surface area contributed by atoms with Crippen LogP contribution in [0.2, 0.25) is 0 Å². The first-order valence-corrected chi connectivity index (χ1v) is 19.5. The lowest BCUT2D eigenvalue weighted by atomic mass is 9.90. The number of ether oxygens (including phenoxy) is 1. The number of aromatic nitrogens is 4. The summed E-state index contributed by atoms with van der Waals surface area (Å²) < 4.78 is 9.14. The molecule has 3 amide bonds. The lowest BCUT2D eigenvalue weighted by Gasteiger charge is -2.45. The van der Waals surface area contributed by atoms with Crippen LogP contribution in [0.3, 0.4) is 0 Å². The number of aliphatic hydroxyl groups is 1. The van der Waals surface area contributed by atoms with Gasteiger partial charge in [0.05, 0.1) is 12.3 Å². The van der Waals surface area contributed by atoms with Crippen molar-refractivity contribution in [3.63, 3.8) is 0 Å². The average Bonchev–Trinajstić information content (AvgIpc) is 3.70. The third kappa shape index (κ3) is 7.04. The number of anilines is 4. The molecule has 1 atom stereocenters. The fourth-order valence-electron chi connectivity index (χ4n) is 8.92. The summed E-state index contributed by atoms with van der Waals surface area (Å²) >= 11 is 0. The maximum absolute atomic E-state index is 14.0. The Morgan fingerprint density at radius 2 is 1.84 bits per heavy atom. The third-order valence-electron chi connectivity index (χ3n) is 11.8. The van der Waals surface area contributed by atoms with Gasteiger partial charge in [0, 0.05) is 106 Å². The first-order chi connectivity index (χ1) is 27.4. The third-order valence-corrected chi connectivity index (χ3v) is 11.8. The largest absolute Gasteiger partial charge is 0.392 e. The number of hydrogen-bond acceptors (Lipinski definition) is 10. The summed E-state index contributed by atoms with van der Waals surface area (Å²) in [6, 6.07) is 8.45. The number of rotatable bonds is 9. The molecule has 298 valence electrons. The van der Waals surface area contributed by atoms with Crippen LogP contribution in [0.25, 0.3) is 11.3 Å². The van der Waals surface area contributed by atoms with Gasteiger partial charge in [0.15, 0.2) is 5.82 Å². The van der Waals surface area contributed by atoms with Crippen LogP contribution in [-0.4, -0.2) is 97.7 Å². The van der Waals surface area contributed by atoms with Crippen LogP contribution >= 0.6 is 0 Å². The molecule has 2 fully saturated rings. The molecule has 4 aliphatic rings. The molecule has 3 N–H and O–H groups in total. The molecule has 3 aliphatic heterocycles. The van der Waals surface area contributed by atoms with Crippen molar-refractivity contribution in [1.29, 1.82) is 0 Å². The van der Waals surface area contributed by atoms with E-state index in [9.17, 15) is 24.3 Å². The minimum atomic E-state index is -0.641. The Kier molecular flexibility index (Phi) is 10.1. The fraction of sp³-hybridized carbons (Fsp3) is 0.429. The van der Waals surface area contributed by atoms with Gasteiger partial charge in [0.1, 0.15) is 17.6 Å². The van der Waals surface area contributed by atoms with Crippen molar-refractivity contribution < 1.29 is 24.2 Å². The van der Waals surface area contributed by atoms with Crippen LogP contribution in [0.1, 0.15) is 65.6 Å². The van der Waals surface area contributed by atoms with E-state index in [2.05, 4.69) is 45.5 Å². The Balaban J connectivity index is 1.12. The minimum absolute atomic E-state index is 0.00683. The molecule has 0 saturated carbocycles. The van der Waals surface area contributed by atoms with E-state index in [1.54, 1.807) is 60.6 Å². The minimum Gasteiger partial charge on any atom is -0.392 e.